The SMILES string of the molecule is C=CCN(C(=O)[C@H]1[C@H]2C(=O)N([C@@H](CC)CO)C(C(=O)N(CC=C)c3c(C)cccc3Cl)C23CC[C@]1(CC)O3)c1ccccc1. The average molecular weight is 620 g/mol. The summed E-state index contributed by atoms with van der Waals surface area (Å²) in [7, 11) is 0. The van der Waals surface area contributed by atoms with Gasteiger partial charge in [0.2, 0.25) is 11.8 Å². The second-order valence-electron chi connectivity index (χ2n) is 12.0. The molecule has 3 heterocycles. The Morgan fingerprint density at radius 1 is 1.07 bits per heavy atom. The number of aliphatic hydroxyl groups is 1. The van der Waals surface area contributed by atoms with Crippen LogP contribution in [0.2, 0.25) is 5.02 Å². The Labute approximate surface area is 264 Å². The first-order chi connectivity index (χ1) is 21.2. The van der Waals surface area contributed by atoms with Gasteiger partial charge in [0.15, 0.2) is 0 Å². The quantitative estimate of drug-likeness (QED) is 0.325. The third-order valence-electron chi connectivity index (χ3n) is 9.88. The van der Waals surface area contributed by atoms with Gasteiger partial charge in [0, 0.05) is 18.8 Å². The summed E-state index contributed by atoms with van der Waals surface area (Å²) < 4.78 is 6.99. The number of rotatable bonds is 12. The van der Waals surface area contributed by atoms with Crippen LogP contribution in [0.1, 0.15) is 45.1 Å². The third kappa shape index (κ3) is 4.78. The average Bonchev–Trinajstić information content (AvgIpc) is 3.63. The lowest BCUT2D eigenvalue weighted by Crippen LogP contribution is -2.59. The zero-order valence-electron chi connectivity index (χ0n) is 25.7. The van der Waals surface area contributed by atoms with Gasteiger partial charge in [-0.1, -0.05) is 67.9 Å². The van der Waals surface area contributed by atoms with Gasteiger partial charge in [-0.2, -0.15) is 0 Å². The van der Waals surface area contributed by atoms with Gasteiger partial charge in [-0.25, -0.2) is 0 Å². The summed E-state index contributed by atoms with van der Waals surface area (Å²) in [6.45, 7) is 13.6. The number of aryl methyl sites for hydroxylation is 1. The molecule has 6 atom stereocenters. The van der Waals surface area contributed by atoms with E-state index >= 15 is 0 Å². The predicted octanol–water partition coefficient (Wildman–Crippen LogP) is 5.31. The van der Waals surface area contributed by atoms with E-state index in [0.29, 0.717) is 42.1 Å². The minimum Gasteiger partial charge on any atom is -0.394 e. The van der Waals surface area contributed by atoms with Crippen molar-refractivity contribution in [2.24, 2.45) is 11.8 Å². The highest BCUT2D eigenvalue weighted by Crippen LogP contribution is 2.65. The van der Waals surface area contributed by atoms with Gasteiger partial charge in [0.1, 0.15) is 11.6 Å². The molecule has 0 aliphatic carbocycles. The Hall–Kier alpha value is -3.46. The zero-order chi connectivity index (χ0) is 31.8. The number of carbonyl (C=O) groups excluding carboxylic acids is 3. The van der Waals surface area contributed by atoms with Crippen LogP contribution in [0.4, 0.5) is 11.4 Å². The van der Waals surface area contributed by atoms with Gasteiger partial charge < -0.3 is 24.5 Å². The molecule has 44 heavy (non-hydrogen) atoms. The van der Waals surface area contributed by atoms with Crippen LogP contribution in [-0.2, 0) is 19.1 Å². The standard InChI is InChI=1S/C35H42ClN3O5/c1-6-20-37(25-15-11-10-12-16-25)31(41)27-28-32(42)39(24(8-3)22-40)30(35(28)19-18-34(27,9-4)44-35)33(43)38(21-7-2)29-23(5)14-13-17-26(29)36/h6-7,10-17,24,27-28,30,40H,1-2,8-9,18-22H2,3-5H3/t24-,27+,28-,30?,34-,35?/m0/s1. The molecule has 3 aliphatic heterocycles. The van der Waals surface area contributed by atoms with E-state index in [1.807, 2.05) is 63.2 Å². The second kappa shape index (κ2) is 12.5. The fourth-order valence-corrected chi connectivity index (χ4v) is 8.20. The lowest BCUT2D eigenvalue weighted by atomic mass is 9.64. The Bertz CT molecular complexity index is 1420. The molecule has 3 fully saturated rings. The van der Waals surface area contributed by atoms with Crippen molar-refractivity contribution >= 4 is 40.7 Å². The van der Waals surface area contributed by atoms with Crippen molar-refractivity contribution in [3.63, 3.8) is 0 Å². The van der Waals surface area contributed by atoms with Crippen LogP contribution < -0.4 is 9.80 Å². The zero-order valence-corrected chi connectivity index (χ0v) is 26.5. The molecule has 234 valence electrons. The highest BCUT2D eigenvalue weighted by Gasteiger charge is 2.79. The van der Waals surface area contributed by atoms with Crippen molar-refractivity contribution in [3.8, 4) is 0 Å². The summed E-state index contributed by atoms with van der Waals surface area (Å²) in [5.41, 5.74) is -0.137. The number of hydrogen-bond acceptors (Lipinski definition) is 5. The summed E-state index contributed by atoms with van der Waals surface area (Å²) in [6.07, 6.45) is 5.18. The van der Waals surface area contributed by atoms with Crippen LogP contribution in [0.25, 0.3) is 0 Å². The highest BCUT2D eigenvalue weighted by atomic mass is 35.5. The molecule has 8 nitrogen and oxygen atoms in total. The van der Waals surface area contributed by atoms with Crippen molar-refractivity contribution in [1.82, 2.24) is 4.90 Å². The topological polar surface area (TPSA) is 90.4 Å². The number of fused-ring (bicyclic) bond motifs is 1. The van der Waals surface area contributed by atoms with Crippen LogP contribution in [0, 0.1) is 18.8 Å². The molecule has 2 unspecified atom stereocenters. The maximum atomic E-state index is 14.9. The van der Waals surface area contributed by atoms with Crippen molar-refractivity contribution in [2.45, 2.75) is 69.7 Å². The van der Waals surface area contributed by atoms with Gasteiger partial charge in [0.05, 0.1) is 40.8 Å². The number of benzene rings is 2. The third-order valence-corrected chi connectivity index (χ3v) is 10.2. The Kier molecular flexibility index (Phi) is 9.08. The van der Waals surface area contributed by atoms with E-state index in [2.05, 4.69) is 13.2 Å². The molecule has 2 aromatic carbocycles. The summed E-state index contributed by atoms with van der Waals surface area (Å²) in [5.74, 6) is -2.64. The molecule has 2 bridgehead atoms. The Morgan fingerprint density at radius 2 is 1.75 bits per heavy atom. The largest absolute Gasteiger partial charge is 0.394 e. The molecule has 1 spiro atoms. The number of para-hydroxylation sites is 2. The van der Waals surface area contributed by atoms with Crippen molar-refractivity contribution < 1.29 is 24.2 Å². The van der Waals surface area contributed by atoms with E-state index in [-0.39, 0.29) is 37.4 Å². The minimum atomic E-state index is -1.25. The fraction of sp³-hybridized carbons (Fsp3) is 0.457. The fourth-order valence-electron chi connectivity index (χ4n) is 7.88. The molecule has 9 heteroatoms. The molecule has 5 rings (SSSR count). The highest BCUT2D eigenvalue weighted by molar-refractivity contribution is 6.34. The minimum absolute atomic E-state index is 0.154. The lowest BCUT2D eigenvalue weighted by molar-refractivity contribution is -0.149. The number of anilines is 2. The van der Waals surface area contributed by atoms with E-state index in [1.165, 1.54) is 4.90 Å². The smallest absolute Gasteiger partial charge is 0.253 e. The summed E-state index contributed by atoms with van der Waals surface area (Å²) >= 11 is 6.67. The van der Waals surface area contributed by atoms with Gasteiger partial charge >= 0.3 is 0 Å². The van der Waals surface area contributed by atoms with E-state index in [1.54, 1.807) is 28.0 Å². The van der Waals surface area contributed by atoms with E-state index in [0.717, 1.165) is 5.56 Å². The maximum absolute atomic E-state index is 14.9. The maximum Gasteiger partial charge on any atom is 0.253 e. The first-order valence-corrected chi connectivity index (χ1v) is 15.8. The van der Waals surface area contributed by atoms with Crippen molar-refractivity contribution in [3.05, 3.63) is 84.4 Å². The predicted molar refractivity (Wildman–Crippen MR) is 173 cm³/mol. The first-order valence-electron chi connectivity index (χ1n) is 15.4. The number of amides is 3. The van der Waals surface area contributed by atoms with Gasteiger partial charge in [0.25, 0.3) is 5.91 Å². The molecule has 1 N–H and O–H groups in total. The monoisotopic (exact) mass is 619 g/mol. The number of likely N-dealkylation sites (tertiary alicyclic amines) is 1. The van der Waals surface area contributed by atoms with E-state index in [4.69, 9.17) is 16.3 Å². The van der Waals surface area contributed by atoms with Gasteiger partial charge in [-0.3, -0.25) is 14.4 Å². The number of aliphatic hydroxyl groups excluding tert-OH is 1. The van der Waals surface area contributed by atoms with E-state index in [9.17, 15) is 19.5 Å². The number of carbonyl (C=O) groups is 3. The number of nitrogens with zero attached hydrogens (tertiary/aromatic N) is 3. The molecule has 3 amide bonds. The van der Waals surface area contributed by atoms with Crippen LogP contribution in [-0.4, -0.2) is 70.7 Å². The molecule has 0 radical (unpaired) electrons. The molecular weight excluding hydrogens is 578 g/mol. The second-order valence-corrected chi connectivity index (χ2v) is 12.4. The lowest BCUT2D eigenvalue weighted by Gasteiger charge is -2.39. The summed E-state index contributed by atoms with van der Waals surface area (Å²) in [4.78, 5) is 49.1. The molecular formula is C35H42ClN3O5. The summed E-state index contributed by atoms with van der Waals surface area (Å²) in [5, 5.41) is 10.9. The summed E-state index contributed by atoms with van der Waals surface area (Å²) in [6, 6.07) is 13.0. The number of ether oxygens (including phenoxy) is 1. The van der Waals surface area contributed by atoms with E-state index < -0.39 is 35.1 Å². The Morgan fingerprint density at radius 3 is 2.34 bits per heavy atom. The van der Waals surface area contributed by atoms with Gasteiger partial charge in [-0.05, 0) is 56.4 Å². The van der Waals surface area contributed by atoms with Crippen LogP contribution in [0.3, 0.4) is 0 Å². The first kappa shape index (κ1) is 31.9. The molecule has 3 aliphatic rings. The normalized spacial score (nSPS) is 27.6. The van der Waals surface area contributed by atoms with Crippen molar-refractivity contribution in [2.75, 3.05) is 29.5 Å². The molecule has 3 saturated heterocycles. The number of hydrogen-bond donors (Lipinski definition) is 1. The molecule has 0 saturated carbocycles. The Balaban J connectivity index is 1.67. The molecule has 0 aromatic heterocycles. The number of halogens is 1. The van der Waals surface area contributed by atoms with Crippen LogP contribution in [0.15, 0.2) is 73.8 Å². The van der Waals surface area contributed by atoms with Crippen LogP contribution >= 0.6 is 11.6 Å². The van der Waals surface area contributed by atoms with Crippen LogP contribution in [0.5, 0.6) is 0 Å². The van der Waals surface area contributed by atoms with Gasteiger partial charge in [-0.15, -0.1) is 13.2 Å². The molecule has 2 aromatic rings. The van der Waals surface area contributed by atoms with Crippen molar-refractivity contribution in [1.29, 1.82) is 0 Å².